The number of hydrogen-bond donors (Lipinski definition) is 0. The van der Waals surface area contributed by atoms with E-state index in [0.717, 1.165) is 17.5 Å². The molecule has 0 radical (unpaired) electrons. The highest BCUT2D eigenvalue weighted by Crippen LogP contribution is 2.47. The smallest absolute Gasteiger partial charge is 0.324 e. The van der Waals surface area contributed by atoms with Gasteiger partial charge in [0.25, 0.3) is 0 Å². The Morgan fingerprint density at radius 2 is 1.93 bits per heavy atom. The standard InChI is InChI=1S/C22H22N2O3S/c1-14-7-9-16(10-8-14)28(26)21-18(13-23)19-17-6-4-3-5-15(17)11-12-24(19)20(21)22(25)27-2/h3-10,18-21H,11-12H2,1-2H3/t18-,19+,20-,21-,28+/m1/s1. The van der Waals surface area contributed by atoms with Crippen molar-refractivity contribution in [2.45, 2.75) is 35.6 Å². The molecular weight excluding hydrogens is 372 g/mol. The molecule has 28 heavy (non-hydrogen) atoms. The van der Waals surface area contributed by atoms with E-state index in [2.05, 4.69) is 12.1 Å². The molecule has 5 atom stereocenters. The summed E-state index contributed by atoms with van der Waals surface area (Å²) in [6.07, 6.45) is 0.794. The molecule has 0 amide bonds. The maximum absolute atomic E-state index is 13.5. The molecule has 0 spiro atoms. The molecular formula is C22H22N2O3S. The van der Waals surface area contributed by atoms with Gasteiger partial charge < -0.3 is 4.74 Å². The zero-order valence-corrected chi connectivity index (χ0v) is 16.7. The molecule has 4 rings (SSSR count). The van der Waals surface area contributed by atoms with Crippen molar-refractivity contribution in [1.29, 1.82) is 5.26 Å². The van der Waals surface area contributed by atoms with Crippen LogP contribution >= 0.6 is 0 Å². The highest BCUT2D eigenvalue weighted by molar-refractivity contribution is 7.85. The molecule has 5 nitrogen and oxygen atoms in total. The van der Waals surface area contributed by atoms with Gasteiger partial charge in [-0.3, -0.25) is 13.9 Å². The Kier molecular flexibility index (Phi) is 5.05. The fourth-order valence-corrected chi connectivity index (χ4v) is 6.20. The summed E-state index contributed by atoms with van der Waals surface area (Å²) in [5.74, 6) is -0.986. The molecule has 2 aromatic rings. The van der Waals surface area contributed by atoms with Gasteiger partial charge >= 0.3 is 5.97 Å². The van der Waals surface area contributed by atoms with Gasteiger partial charge in [0.05, 0.1) is 41.2 Å². The van der Waals surface area contributed by atoms with E-state index >= 15 is 0 Å². The molecule has 0 aromatic heterocycles. The van der Waals surface area contributed by atoms with Gasteiger partial charge in [-0.1, -0.05) is 42.0 Å². The van der Waals surface area contributed by atoms with E-state index in [4.69, 9.17) is 4.74 Å². The molecule has 2 aliphatic heterocycles. The average Bonchev–Trinajstić information content (AvgIpc) is 3.08. The number of ether oxygens (including phenoxy) is 1. The van der Waals surface area contributed by atoms with Crippen molar-refractivity contribution in [3.8, 4) is 6.07 Å². The van der Waals surface area contributed by atoms with Crippen LogP contribution in [-0.2, 0) is 26.8 Å². The van der Waals surface area contributed by atoms with Crippen molar-refractivity contribution >= 4 is 16.8 Å². The number of aryl methyl sites for hydroxylation is 1. The normalized spacial score (nSPS) is 27.3. The highest BCUT2D eigenvalue weighted by Gasteiger charge is 2.57. The zero-order chi connectivity index (χ0) is 19.8. The van der Waals surface area contributed by atoms with Gasteiger partial charge in [-0.05, 0) is 36.6 Å². The fourth-order valence-electron chi connectivity index (χ4n) is 4.51. The van der Waals surface area contributed by atoms with Crippen LogP contribution in [0.25, 0.3) is 0 Å². The van der Waals surface area contributed by atoms with Crippen LogP contribution in [0.15, 0.2) is 53.4 Å². The summed E-state index contributed by atoms with van der Waals surface area (Å²) in [6, 6.07) is 16.9. The van der Waals surface area contributed by atoms with Crippen LogP contribution in [0.1, 0.15) is 22.7 Å². The Morgan fingerprint density at radius 1 is 1.21 bits per heavy atom. The second-order valence-electron chi connectivity index (χ2n) is 7.33. The SMILES string of the molecule is COC(=O)[C@H]1[C@H]([S@@](=O)c2ccc(C)cc2)[C@H](C#N)[C@@H]2c3ccccc3CCN12. The summed E-state index contributed by atoms with van der Waals surface area (Å²) in [5, 5.41) is 9.41. The summed E-state index contributed by atoms with van der Waals surface area (Å²) in [4.78, 5) is 15.4. The molecule has 0 unspecified atom stereocenters. The Bertz CT molecular complexity index is 966. The number of hydrogen-bond acceptors (Lipinski definition) is 5. The number of benzene rings is 2. The number of nitriles is 1. The minimum Gasteiger partial charge on any atom is -0.468 e. The third kappa shape index (κ3) is 2.95. The van der Waals surface area contributed by atoms with Crippen molar-refractivity contribution in [3.05, 3.63) is 65.2 Å². The van der Waals surface area contributed by atoms with Crippen molar-refractivity contribution in [2.75, 3.05) is 13.7 Å². The van der Waals surface area contributed by atoms with Gasteiger partial charge in [0.1, 0.15) is 6.04 Å². The summed E-state index contributed by atoms with van der Waals surface area (Å²) in [5.41, 5.74) is 3.31. The Labute approximate surface area is 167 Å². The Morgan fingerprint density at radius 3 is 2.61 bits per heavy atom. The molecule has 0 N–H and O–H groups in total. The van der Waals surface area contributed by atoms with Crippen LogP contribution in [0.3, 0.4) is 0 Å². The maximum atomic E-state index is 13.5. The summed E-state index contributed by atoms with van der Waals surface area (Å²) >= 11 is 0. The third-order valence-electron chi connectivity index (χ3n) is 5.83. The summed E-state index contributed by atoms with van der Waals surface area (Å²) in [7, 11) is -0.160. The van der Waals surface area contributed by atoms with Gasteiger partial charge in [-0.2, -0.15) is 5.26 Å². The van der Waals surface area contributed by atoms with Gasteiger partial charge in [0.2, 0.25) is 0 Å². The van der Waals surface area contributed by atoms with E-state index in [1.54, 1.807) is 0 Å². The lowest BCUT2D eigenvalue weighted by Gasteiger charge is -2.35. The van der Waals surface area contributed by atoms with E-state index in [1.165, 1.54) is 12.7 Å². The molecule has 2 heterocycles. The number of carbonyl (C=O) groups is 1. The number of methoxy groups -OCH3 is 1. The number of nitrogens with zero attached hydrogens (tertiary/aromatic N) is 2. The molecule has 0 saturated carbocycles. The van der Waals surface area contributed by atoms with E-state index in [9.17, 15) is 14.3 Å². The molecule has 6 heteroatoms. The molecule has 1 saturated heterocycles. The number of carbonyl (C=O) groups excluding carboxylic acids is 1. The van der Waals surface area contributed by atoms with Gasteiger partial charge in [-0.15, -0.1) is 0 Å². The van der Waals surface area contributed by atoms with Crippen LogP contribution < -0.4 is 0 Å². The quantitative estimate of drug-likeness (QED) is 0.749. The van der Waals surface area contributed by atoms with E-state index in [1.807, 2.05) is 54.3 Å². The lowest BCUT2D eigenvalue weighted by atomic mass is 9.87. The highest BCUT2D eigenvalue weighted by atomic mass is 32.2. The molecule has 2 aliphatic rings. The Balaban J connectivity index is 1.82. The zero-order valence-electron chi connectivity index (χ0n) is 15.9. The second kappa shape index (κ2) is 7.50. The largest absolute Gasteiger partial charge is 0.468 e. The fraction of sp³-hybridized carbons (Fsp3) is 0.364. The summed E-state index contributed by atoms with van der Waals surface area (Å²) < 4.78 is 18.6. The molecule has 0 bridgehead atoms. The van der Waals surface area contributed by atoms with Gasteiger partial charge in [-0.25, -0.2) is 0 Å². The number of esters is 1. The molecule has 0 aliphatic carbocycles. The first-order valence-electron chi connectivity index (χ1n) is 9.35. The van der Waals surface area contributed by atoms with Crippen LogP contribution in [-0.4, -0.2) is 40.0 Å². The molecule has 144 valence electrons. The number of fused-ring (bicyclic) bond motifs is 3. The van der Waals surface area contributed by atoms with Crippen LogP contribution in [0, 0.1) is 24.2 Å². The maximum Gasteiger partial charge on any atom is 0.324 e. The lowest BCUT2D eigenvalue weighted by molar-refractivity contribution is -0.146. The minimum atomic E-state index is -1.51. The van der Waals surface area contributed by atoms with Crippen LogP contribution in [0.4, 0.5) is 0 Å². The molecule has 2 aromatic carbocycles. The molecule has 1 fully saturated rings. The van der Waals surface area contributed by atoms with Gasteiger partial charge in [0, 0.05) is 11.4 Å². The number of rotatable bonds is 3. The minimum absolute atomic E-state index is 0.251. The first kappa shape index (κ1) is 18.9. The lowest BCUT2D eigenvalue weighted by Crippen LogP contribution is -2.46. The summed E-state index contributed by atoms with van der Waals surface area (Å²) in [6.45, 7) is 2.61. The van der Waals surface area contributed by atoms with Crippen molar-refractivity contribution in [2.24, 2.45) is 5.92 Å². The third-order valence-corrected chi connectivity index (χ3v) is 7.61. The topological polar surface area (TPSA) is 70.4 Å². The first-order chi connectivity index (χ1) is 13.6. The van der Waals surface area contributed by atoms with Crippen molar-refractivity contribution < 1.29 is 13.7 Å². The monoisotopic (exact) mass is 394 g/mol. The predicted molar refractivity (Wildman–Crippen MR) is 106 cm³/mol. The Hall–Kier alpha value is -2.49. The van der Waals surface area contributed by atoms with E-state index in [0.29, 0.717) is 11.4 Å². The van der Waals surface area contributed by atoms with Gasteiger partial charge in [0.15, 0.2) is 0 Å². The van der Waals surface area contributed by atoms with Crippen LogP contribution in [0.5, 0.6) is 0 Å². The second-order valence-corrected chi connectivity index (χ2v) is 8.94. The van der Waals surface area contributed by atoms with Crippen molar-refractivity contribution in [1.82, 2.24) is 4.90 Å². The van der Waals surface area contributed by atoms with E-state index < -0.39 is 34.0 Å². The average molecular weight is 394 g/mol. The first-order valence-corrected chi connectivity index (χ1v) is 10.6. The van der Waals surface area contributed by atoms with Crippen LogP contribution in [0.2, 0.25) is 0 Å². The van der Waals surface area contributed by atoms with E-state index in [-0.39, 0.29) is 6.04 Å². The predicted octanol–water partition coefficient (Wildman–Crippen LogP) is 2.77. The van der Waals surface area contributed by atoms with Crippen molar-refractivity contribution in [3.63, 3.8) is 0 Å².